The van der Waals surface area contributed by atoms with Gasteiger partial charge < -0.3 is 10.6 Å². The number of anilines is 2. The quantitative estimate of drug-likeness (QED) is 0.885. The number of nitrogens with one attached hydrogen (secondary N) is 2. The Balaban J connectivity index is 1.58. The van der Waals surface area contributed by atoms with Crippen molar-refractivity contribution in [3.05, 3.63) is 41.8 Å². The Morgan fingerprint density at radius 2 is 1.90 bits per heavy atom. The molecule has 1 aliphatic carbocycles. The fourth-order valence-electron chi connectivity index (χ4n) is 2.51. The molecule has 0 radical (unpaired) electrons. The third-order valence-corrected chi connectivity index (χ3v) is 3.63. The highest BCUT2D eigenvalue weighted by Gasteiger charge is 2.15. The van der Waals surface area contributed by atoms with E-state index in [1.54, 1.807) is 18.3 Å². The number of nitrogens with zero attached hydrogens (tertiary/aromatic N) is 3. The minimum atomic E-state index is -0.237. The van der Waals surface area contributed by atoms with Gasteiger partial charge in [0.05, 0.1) is 6.20 Å². The topological polar surface area (TPSA) is 62.7 Å². The van der Waals surface area contributed by atoms with E-state index < -0.39 is 0 Å². The number of aromatic nitrogens is 3. The van der Waals surface area contributed by atoms with Gasteiger partial charge in [-0.1, -0.05) is 25.0 Å². The van der Waals surface area contributed by atoms with Crippen LogP contribution in [0, 0.1) is 5.82 Å². The van der Waals surface area contributed by atoms with Gasteiger partial charge in [0.1, 0.15) is 5.82 Å². The minimum Gasteiger partial charge on any atom is -0.366 e. The van der Waals surface area contributed by atoms with Crippen molar-refractivity contribution in [1.29, 1.82) is 0 Å². The molecule has 1 saturated carbocycles. The van der Waals surface area contributed by atoms with Crippen LogP contribution in [-0.2, 0) is 6.54 Å². The van der Waals surface area contributed by atoms with Gasteiger partial charge in [0.2, 0.25) is 5.95 Å². The van der Waals surface area contributed by atoms with Crippen molar-refractivity contribution in [3.8, 4) is 0 Å². The summed E-state index contributed by atoms with van der Waals surface area (Å²) in [5.41, 5.74) is 0.967. The summed E-state index contributed by atoms with van der Waals surface area (Å²) in [7, 11) is 0. The summed E-state index contributed by atoms with van der Waals surface area (Å²) >= 11 is 0. The van der Waals surface area contributed by atoms with Crippen LogP contribution in [0.2, 0.25) is 0 Å². The lowest BCUT2D eigenvalue weighted by atomic mass is 10.2. The van der Waals surface area contributed by atoms with Crippen LogP contribution in [0.25, 0.3) is 0 Å². The fourth-order valence-corrected chi connectivity index (χ4v) is 2.51. The maximum atomic E-state index is 12.8. The molecular weight excluding hydrogens is 269 g/mol. The molecule has 3 rings (SSSR count). The summed E-state index contributed by atoms with van der Waals surface area (Å²) in [6, 6.07) is 6.83. The van der Waals surface area contributed by atoms with Gasteiger partial charge in [-0.3, -0.25) is 0 Å². The monoisotopic (exact) mass is 287 g/mol. The molecule has 1 fully saturated rings. The second kappa shape index (κ2) is 6.47. The Hall–Kier alpha value is -2.24. The highest BCUT2D eigenvalue weighted by molar-refractivity contribution is 5.38. The van der Waals surface area contributed by atoms with E-state index in [9.17, 15) is 4.39 Å². The van der Waals surface area contributed by atoms with Crippen molar-refractivity contribution in [2.75, 3.05) is 10.6 Å². The van der Waals surface area contributed by atoms with Crippen LogP contribution < -0.4 is 10.6 Å². The van der Waals surface area contributed by atoms with E-state index in [2.05, 4.69) is 25.8 Å². The maximum Gasteiger partial charge on any atom is 0.244 e. The van der Waals surface area contributed by atoms with Crippen LogP contribution in [0.15, 0.2) is 30.5 Å². The maximum absolute atomic E-state index is 12.8. The molecule has 0 atom stereocenters. The average molecular weight is 287 g/mol. The van der Waals surface area contributed by atoms with Gasteiger partial charge in [0.25, 0.3) is 0 Å². The van der Waals surface area contributed by atoms with Gasteiger partial charge in [0, 0.05) is 12.6 Å². The summed E-state index contributed by atoms with van der Waals surface area (Å²) in [5.74, 6) is 0.986. The molecule has 0 bridgehead atoms. The Morgan fingerprint density at radius 1 is 1.14 bits per heavy atom. The van der Waals surface area contributed by atoms with Crippen molar-refractivity contribution in [3.63, 3.8) is 0 Å². The van der Waals surface area contributed by atoms with Crippen LogP contribution in [0.3, 0.4) is 0 Å². The van der Waals surface area contributed by atoms with Crippen LogP contribution >= 0.6 is 0 Å². The van der Waals surface area contributed by atoms with Gasteiger partial charge in [-0.2, -0.15) is 10.1 Å². The zero-order valence-corrected chi connectivity index (χ0v) is 11.7. The summed E-state index contributed by atoms with van der Waals surface area (Å²) in [6.45, 7) is 0.537. The van der Waals surface area contributed by atoms with E-state index in [1.807, 2.05) is 0 Å². The Bertz CT molecular complexity index is 581. The summed E-state index contributed by atoms with van der Waals surface area (Å²) < 4.78 is 12.8. The SMILES string of the molecule is Fc1ccc(CNc2nncc(NC3CCCC3)n2)cc1. The predicted molar refractivity (Wildman–Crippen MR) is 79.4 cm³/mol. The van der Waals surface area contributed by atoms with E-state index in [1.165, 1.54) is 37.8 Å². The van der Waals surface area contributed by atoms with Crippen LogP contribution in [0.4, 0.5) is 16.2 Å². The van der Waals surface area contributed by atoms with Crippen molar-refractivity contribution in [2.45, 2.75) is 38.3 Å². The van der Waals surface area contributed by atoms with Gasteiger partial charge >= 0.3 is 0 Å². The third-order valence-electron chi connectivity index (χ3n) is 3.63. The molecule has 110 valence electrons. The van der Waals surface area contributed by atoms with Crippen LogP contribution in [-0.4, -0.2) is 21.2 Å². The number of hydrogen-bond acceptors (Lipinski definition) is 5. The molecule has 0 aliphatic heterocycles. The second-order valence-corrected chi connectivity index (χ2v) is 5.27. The molecule has 1 heterocycles. The second-order valence-electron chi connectivity index (χ2n) is 5.27. The number of benzene rings is 1. The first-order valence-corrected chi connectivity index (χ1v) is 7.24. The molecule has 2 N–H and O–H groups in total. The number of rotatable bonds is 5. The highest BCUT2D eigenvalue weighted by Crippen LogP contribution is 2.21. The van der Waals surface area contributed by atoms with E-state index in [-0.39, 0.29) is 5.82 Å². The van der Waals surface area contributed by atoms with Crippen molar-refractivity contribution in [1.82, 2.24) is 15.2 Å². The molecule has 21 heavy (non-hydrogen) atoms. The predicted octanol–water partition coefficient (Wildman–Crippen LogP) is 2.98. The van der Waals surface area contributed by atoms with Crippen LogP contribution in [0.5, 0.6) is 0 Å². The number of halogens is 1. The molecule has 0 unspecified atom stereocenters. The first-order chi connectivity index (χ1) is 10.3. The third kappa shape index (κ3) is 3.87. The zero-order chi connectivity index (χ0) is 14.5. The lowest BCUT2D eigenvalue weighted by Crippen LogP contribution is -2.16. The first kappa shape index (κ1) is 13.7. The molecule has 2 aromatic rings. The summed E-state index contributed by atoms with van der Waals surface area (Å²) in [6.07, 6.45) is 6.55. The largest absolute Gasteiger partial charge is 0.366 e. The average Bonchev–Trinajstić information content (AvgIpc) is 3.00. The van der Waals surface area contributed by atoms with Crippen LogP contribution in [0.1, 0.15) is 31.2 Å². The lowest BCUT2D eigenvalue weighted by molar-refractivity contribution is 0.627. The van der Waals surface area contributed by atoms with Gasteiger partial charge in [-0.15, -0.1) is 5.10 Å². The lowest BCUT2D eigenvalue weighted by Gasteiger charge is -2.12. The summed E-state index contributed by atoms with van der Waals surface area (Å²) in [4.78, 5) is 4.40. The fraction of sp³-hybridized carbons (Fsp3) is 0.400. The molecule has 0 spiro atoms. The van der Waals surface area contributed by atoms with Gasteiger partial charge in [-0.05, 0) is 30.5 Å². The van der Waals surface area contributed by atoms with Crippen molar-refractivity contribution in [2.24, 2.45) is 0 Å². The molecule has 1 aromatic carbocycles. The smallest absolute Gasteiger partial charge is 0.244 e. The highest BCUT2D eigenvalue weighted by atomic mass is 19.1. The van der Waals surface area contributed by atoms with E-state index >= 15 is 0 Å². The van der Waals surface area contributed by atoms with Crippen molar-refractivity contribution >= 4 is 11.8 Å². The summed E-state index contributed by atoms with van der Waals surface area (Å²) in [5, 5.41) is 14.4. The first-order valence-electron chi connectivity index (χ1n) is 7.24. The molecule has 6 heteroatoms. The molecule has 0 amide bonds. The standard InChI is InChI=1S/C15H18FN5/c16-12-7-5-11(6-8-12)9-17-15-20-14(10-18-21-15)19-13-3-1-2-4-13/h5-8,10,13H,1-4,9H2,(H2,17,19,20,21). The molecule has 5 nitrogen and oxygen atoms in total. The van der Waals surface area contributed by atoms with Gasteiger partial charge in [0.15, 0.2) is 5.82 Å². The van der Waals surface area contributed by atoms with E-state index in [4.69, 9.17) is 0 Å². The molecule has 1 aliphatic rings. The Morgan fingerprint density at radius 3 is 2.67 bits per heavy atom. The van der Waals surface area contributed by atoms with Crippen molar-refractivity contribution < 1.29 is 4.39 Å². The minimum absolute atomic E-state index is 0.237. The molecule has 0 saturated heterocycles. The van der Waals surface area contributed by atoms with E-state index in [0.717, 1.165) is 11.4 Å². The molecular formula is C15H18FN5. The Labute approximate surface area is 123 Å². The van der Waals surface area contributed by atoms with E-state index in [0.29, 0.717) is 18.5 Å². The molecule has 1 aromatic heterocycles. The normalized spacial score (nSPS) is 15.1. The number of hydrogen-bond donors (Lipinski definition) is 2. The van der Waals surface area contributed by atoms with Gasteiger partial charge in [-0.25, -0.2) is 4.39 Å². The Kier molecular flexibility index (Phi) is 4.23. The zero-order valence-electron chi connectivity index (χ0n) is 11.7.